The lowest BCUT2D eigenvalue weighted by molar-refractivity contribution is -0.118. The Hall–Kier alpha value is -2.25. The Balaban J connectivity index is 1.72. The van der Waals surface area contributed by atoms with Crippen LogP contribution in [-0.4, -0.2) is 30.4 Å². The van der Waals surface area contributed by atoms with Gasteiger partial charge in [0.05, 0.1) is 16.3 Å². The Kier molecular flexibility index (Phi) is 8.83. The topological polar surface area (TPSA) is 88.7 Å². The zero-order valence-electron chi connectivity index (χ0n) is 20.4. The summed E-state index contributed by atoms with van der Waals surface area (Å²) < 4.78 is 6.19. The van der Waals surface area contributed by atoms with Crippen molar-refractivity contribution in [2.24, 2.45) is 22.6 Å². The molecule has 2 fully saturated rings. The first-order valence-corrected chi connectivity index (χ1v) is 13.3. The molecule has 0 heterocycles. The average Bonchev–Trinajstić information content (AvgIpc) is 3.45. The molecule has 4 N–H and O–H groups in total. The number of nitrogens with two attached hydrogens (primary N) is 1. The van der Waals surface area contributed by atoms with Crippen LogP contribution in [0.2, 0.25) is 15.1 Å². The van der Waals surface area contributed by atoms with Gasteiger partial charge < -0.3 is 21.1 Å². The molecule has 4 rings (SSSR count). The minimum Gasteiger partial charge on any atom is -0.439 e. The number of fused-ring (bicyclic) bond motifs is 2. The van der Waals surface area contributed by atoms with E-state index in [1.165, 1.54) is 12.8 Å². The van der Waals surface area contributed by atoms with Crippen LogP contribution in [0.3, 0.4) is 0 Å². The summed E-state index contributed by atoms with van der Waals surface area (Å²) in [5.41, 5.74) is 7.44. The summed E-state index contributed by atoms with van der Waals surface area (Å²) in [5.74, 6) is 1.56. The van der Waals surface area contributed by atoms with Crippen molar-refractivity contribution < 1.29 is 9.53 Å². The van der Waals surface area contributed by atoms with E-state index in [0.29, 0.717) is 43.9 Å². The van der Waals surface area contributed by atoms with Crippen LogP contribution in [0.4, 0.5) is 5.69 Å². The van der Waals surface area contributed by atoms with E-state index in [4.69, 9.17) is 45.3 Å². The number of amides is 1. The molecule has 3 atom stereocenters. The third-order valence-electron chi connectivity index (χ3n) is 6.73. The second kappa shape index (κ2) is 11.9. The summed E-state index contributed by atoms with van der Waals surface area (Å²) in [6.07, 6.45) is 4.59. The van der Waals surface area contributed by atoms with Crippen molar-refractivity contribution in [2.75, 3.05) is 6.54 Å². The molecule has 3 unspecified atom stereocenters. The maximum Gasteiger partial charge on any atom is 0.267 e. The maximum atomic E-state index is 13.3. The van der Waals surface area contributed by atoms with Crippen LogP contribution in [0.5, 0.6) is 5.75 Å². The van der Waals surface area contributed by atoms with Gasteiger partial charge in [0.15, 0.2) is 0 Å². The molecule has 2 aromatic carbocycles. The van der Waals surface area contributed by atoms with Gasteiger partial charge in [0.2, 0.25) is 5.90 Å². The average molecular weight is 550 g/mol. The molecule has 0 aromatic heterocycles. The summed E-state index contributed by atoms with van der Waals surface area (Å²) >= 11 is 18.5. The van der Waals surface area contributed by atoms with Gasteiger partial charge in [0.25, 0.3) is 5.91 Å². The molecule has 1 amide bonds. The minimum atomic E-state index is -0.317. The Morgan fingerprint density at radius 3 is 2.42 bits per heavy atom. The fourth-order valence-electron chi connectivity index (χ4n) is 4.84. The predicted molar refractivity (Wildman–Crippen MR) is 147 cm³/mol. The lowest BCUT2D eigenvalue weighted by atomic mass is 9.95. The van der Waals surface area contributed by atoms with Gasteiger partial charge in [-0.15, -0.1) is 0 Å². The number of nitrogens with zero attached hydrogens (tertiary/aromatic N) is 1. The molecule has 2 bridgehead atoms. The predicted octanol–water partition coefficient (Wildman–Crippen LogP) is 6.27. The number of rotatable bonds is 8. The van der Waals surface area contributed by atoms with Crippen LogP contribution >= 0.6 is 34.8 Å². The fraction of sp³-hybridized carbons (Fsp3) is 0.407. The summed E-state index contributed by atoms with van der Waals surface area (Å²) in [6, 6.07) is 12.1. The number of aliphatic imine (C=N–C) groups is 1. The smallest absolute Gasteiger partial charge is 0.267 e. The largest absolute Gasteiger partial charge is 0.439 e. The second-order valence-electron chi connectivity index (χ2n) is 9.75. The zero-order valence-corrected chi connectivity index (χ0v) is 22.6. The van der Waals surface area contributed by atoms with Gasteiger partial charge in [-0.2, -0.15) is 0 Å². The molecular formula is C27H31Cl3N4O2. The highest BCUT2D eigenvalue weighted by Gasteiger charge is 2.40. The van der Waals surface area contributed by atoms with Crippen LogP contribution in [0.15, 0.2) is 58.7 Å². The number of hydrogen-bond donors (Lipinski definition) is 3. The minimum absolute atomic E-state index is 0.0590. The lowest BCUT2D eigenvalue weighted by Gasteiger charge is -2.24. The second-order valence-corrected chi connectivity index (χ2v) is 11.0. The fourth-order valence-corrected chi connectivity index (χ4v) is 5.42. The molecule has 2 saturated carbocycles. The van der Waals surface area contributed by atoms with Crippen molar-refractivity contribution >= 4 is 52.3 Å². The van der Waals surface area contributed by atoms with E-state index in [9.17, 15) is 4.79 Å². The van der Waals surface area contributed by atoms with E-state index in [0.717, 1.165) is 12.8 Å². The van der Waals surface area contributed by atoms with Crippen molar-refractivity contribution in [1.82, 2.24) is 10.6 Å². The van der Waals surface area contributed by atoms with Crippen LogP contribution in [0, 0.1) is 11.8 Å². The molecule has 0 radical (unpaired) electrons. The standard InChI is InChI=1S/C27H31Cl3N4O2/c1-15(2)32-14-21(25(31)26(35)33-24-12-16-3-4-17(24)11-16)27(36-20-8-5-18(28)6-9-20)34-23-10-7-19(29)13-22(23)30/h5-10,13,15-17,24,32H,3-4,11-12,14,31H2,1-2H3,(H,33,35). The number of carbonyl (C=O) groups excluding carboxylic acids is 1. The van der Waals surface area contributed by atoms with Crippen molar-refractivity contribution in [1.29, 1.82) is 0 Å². The van der Waals surface area contributed by atoms with E-state index in [1.807, 2.05) is 13.8 Å². The monoisotopic (exact) mass is 548 g/mol. The van der Waals surface area contributed by atoms with Gasteiger partial charge in [-0.05, 0) is 73.6 Å². The van der Waals surface area contributed by atoms with E-state index < -0.39 is 0 Å². The van der Waals surface area contributed by atoms with Crippen LogP contribution in [0.1, 0.15) is 39.5 Å². The van der Waals surface area contributed by atoms with Gasteiger partial charge in [-0.25, -0.2) is 4.99 Å². The van der Waals surface area contributed by atoms with Gasteiger partial charge in [0.1, 0.15) is 11.4 Å². The van der Waals surface area contributed by atoms with Gasteiger partial charge in [-0.3, -0.25) is 4.79 Å². The molecule has 36 heavy (non-hydrogen) atoms. The summed E-state index contributed by atoms with van der Waals surface area (Å²) in [5, 5.41) is 7.91. The van der Waals surface area contributed by atoms with Gasteiger partial charge in [-0.1, -0.05) is 55.1 Å². The molecule has 2 aliphatic rings. The number of benzene rings is 2. The molecule has 0 aliphatic heterocycles. The summed E-state index contributed by atoms with van der Waals surface area (Å²) in [6.45, 7) is 4.29. The molecule has 6 nitrogen and oxygen atoms in total. The number of halogens is 3. The highest BCUT2D eigenvalue weighted by molar-refractivity contribution is 6.36. The molecule has 0 saturated heterocycles. The molecule has 2 aliphatic carbocycles. The Labute approximate surface area is 227 Å². The molecule has 0 spiro atoms. The number of carbonyl (C=O) groups is 1. The van der Waals surface area contributed by atoms with Gasteiger partial charge >= 0.3 is 0 Å². The highest BCUT2D eigenvalue weighted by Crippen LogP contribution is 2.44. The first kappa shape index (κ1) is 26.8. The van der Waals surface area contributed by atoms with E-state index in [1.54, 1.807) is 42.5 Å². The van der Waals surface area contributed by atoms with Gasteiger partial charge in [0, 0.05) is 28.7 Å². The quantitative estimate of drug-likeness (QED) is 0.206. The van der Waals surface area contributed by atoms with Crippen LogP contribution in [-0.2, 0) is 4.79 Å². The van der Waals surface area contributed by atoms with Crippen molar-refractivity contribution in [3.63, 3.8) is 0 Å². The zero-order chi connectivity index (χ0) is 25.8. The van der Waals surface area contributed by atoms with Crippen molar-refractivity contribution in [2.45, 2.75) is 51.6 Å². The van der Waals surface area contributed by atoms with Crippen LogP contribution < -0.4 is 21.1 Å². The first-order chi connectivity index (χ1) is 17.2. The third kappa shape index (κ3) is 6.74. The normalized spacial score (nSPS) is 22.1. The molecular weight excluding hydrogens is 519 g/mol. The molecule has 2 aromatic rings. The third-order valence-corrected chi connectivity index (χ3v) is 7.52. The highest BCUT2D eigenvalue weighted by atomic mass is 35.5. The summed E-state index contributed by atoms with van der Waals surface area (Å²) in [7, 11) is 0. The number of nitrogens with one attached hydrogen (secondary N) is 2. The van der Waals surface area contributed by atoms with E-state index >= 15 is 0 Å². The Morgan fingerprint density at radius 2 is 1.81 bits per heavy atom. The Morgan fingerprint density at radius 1 is 1.08 bits per heavy atom. The molecule has 192 valence electrons. The number of ether oxygens (including phenoxy) is 1. The first-order valence-electron chi connectivity index (χ1n) is 12.2. The van der Waals surface area contributed by atoms with Crippen LogP contribution in [0.25, 0.3) is 0 Å². The van der Waals surface area contributed by atoms with E-state index in [2.05, 4.69) is 15.6 Å². The lowest BCUT2D eigenvalue weighted by Crippen LogP contribution is -2.42. The maximum absolute atomic E-state index is 13.3. The number of hydrogen-bond acceptors (Lipinski definition) is 5. The summed E-state index contributed by atoms with van der Waals surface area (Å²) in [4.78, 5) is 18.0. The molecule has 9 heteroatoms. The van der Waals surface area contributed by atoms with E-state index in [-0.39, 0.29) is 36.1 Å². The SMILES string of the molecule is CC(C)NCC(C(=Nc1ccc(Cl)cc1Cl)Oc1ccc(Cl)cc1)=C(N)C(=O)NC1CC2CCC1C2. The Bertz CT molecular complexity index is 1160. The van der Waals surface area contributed by atoms with Crippen molar-refractivity contribution in [3.8, 4) is 5.75 Å². The van der Waals surface area contributed by atoms with Crippen molar-refractivity contribution in [3.05, 3.63) is 68.8 Å².